The minimum atomic E-state index is -2.72. The maximum atomic E-state index is 2.46. The molecule has 0 spiro atoms. The van der Waals surface area contributed by atoms with Crippen molar-refractivity contribution in [1.29, 1.82) is 0 Å². The number of rotatable bonds is 10. The molecule has 0 atom stereocenters. The summed E-state index contributed by atoms with van der Waals surface area (Å²) in [5.41, 5.74) is 11.6. The van der Waals surface area contributed by atoms with Gasteiger partial charge in [-0.1, -0.05) is 218 Å². The summed E-state index contributed by atoms with van der Waals surface area (Å²) in [6.07, 6.45) is 0. The topological polar surface area (TPSA) is 8.17 Å². The molecule has 70 heavy (non-hydrogen) atoms. The first-order valence-electron chi connectivity index (χ1n) is 24.0. The molecular weight excluding hydrogens is 881 g/mol. The normalized spacial score (nSPS) is 11.7. The zero-order chi connectivity index (χ0) is 46.4. The average Bonchev–Trinajstić information content (AvgIpc) is 4.00. The van der Waals surface area contributed by atoms with Crippen LogP contribution in [0.2, 0.25) is 0 Å². The molecule has 2 aromatic heterocycles. The van der Waals surface area contributed by atoms with Gasteiger partial charge in [0.05, 0.1) is 16.7 Å². The molecule has 13 aromatic rings. The van der Waals surface area contributed by atoms with Crippen molar-refractivity contribution in [2.75, 3.05) is 4.90 Å². The first kappa shape index (κ1) is 41.6. The van der Waals surface area contributed by atoms with E-state index in [4.69, 9.17) is 0 Å². The van der Waals surface area contributed by atoms with E-state index in [1.54, 1.807) is 0 Å². The third-order valence-electron chi connectivity index (χ3n) is 14.1. The summed E-state index contributed by atoms with van der Waals surface area (Å²) in [5.74, 6) is 0. The van der Waals surface area contributed by atoms with Crippen molar-refractivity contribution in [3.05, 3.63) is 279 Å². The molecule has 0 fully saturated rings. The van der Waals surface area contributed by atoms with E-state index in [1.165, 1.54) is 85.0 Å². The van der Waals surface area contributed by atoms with Gasteiger partial charge in [-0.3, -0.25) is 0 Å². The number of thiophene rings is 1. The fraction of sp³-hybridized carbons (Fsp3) is 0. The van der Waals surface area contributed by atoms with Crippen LogP contribution in [0.15, 0.2) is 279 Å². The van der Waals surface area contributed by atoms with Crippen molar-refractivity contribution < 1.29 is 0 Å². The molecule has 0 saturated heterocycles. The van der Waals surface area contributed by atoms with Crippen molar-refractivity contribution in [3.8, 4) is 27.9 Å². The first-order valence-corrected chi connectivity index (χ1v) is 26.8. The Hall–Kier alpha value is -8.54. The van der Waals surface area contributed by atoms with E-state index in [1.807, 2.05) is 11.3 Å². The van der Waals surface area contributed by atoms with E-state index in [9.17, 15) is 0 Å². The molecule has 0 N–H and O–H groups in total. The highest BCUT2D eigenvalue weighted by Crippen LogP contribution is 2.45. The van der Waals surface area contributed by atoms with Gasteiger partial charge in [-0.05, 0) is 104 Å². The molecule has 11 aromatic carbocycles. The summed E-state index contributed by atoms with van der Waals surface area (Å²) in [4.78, 5) is 2.45. The molecule has 13 rings (SSSR count). The third-order valence-corrected chi connectivity index (χ3v) is 20.1. The maximum absolute atomic E-state index is 2.72. The van der Waals surface area contributed by atoms with Crippen LogP contribution in [-0.2, 0) is 0 Å². The summed E-state index contributed by atoms with van der Waals surface area (Å²) in [5, 5.41) is 10.5. The molecule has 0 bridgehead atoms. The Morgan fingerprint density at radius 2 is 0.843 bits per heavy atom. The lowest BCUT2D eigenvalue weighted by molar-refractivity contribution is 1.18. The number of nitrogens with zero attached hydrogens (tertiary/aromatic N) is 2. The Labute approximate surface area is 413 Å². The first-order chi connectivity index (χ1) is 34.7. The van der Waals surface area contributed by atoms with Gasteiger partial charge in [0.2, 0.25) is 0 Å². The van der Waals surface area contributed by atoms with Crippen LogP contribution in [0.3, 0.4) is 0 Å². The second kappa shape index (κ2) is 17.5. The standard InChI is InChI=1S/C66H46N2SSi/c1-5-21-50(22-6-1)68-61-34-15-13-31-60(61)65-62(35-19-36-63(65)68)67(52-44-40-48(41-45-52)57-32-18-33-59-58-30-14-16-37-64(58)69-66(57)59)51-42-38-47(39-43-51)49-20-17-29-56(46-49)70(53-23-7-2-8-24-53,54-25-9-3-10-26-54)55-27-11-4-12-28-55/h1-46H. The number of benzene rings is 11. The largest absolute Gasteiger partial charge is 0.310 e. The van der Waals surface area contributed by atoms with Crippen LogP contribution in [0.5, 0.6) is 0 Å². The van der Waals surface area contributed by atoms with Crippen molar-refractivity contribution in [1.82, 2.24) is 4.57 Å². The van der Waals surface area contributed by atoms with Gasteiger partial charge in [-0.15, -0.1) is 11.3 Å². The Morgan fingerprint density at radius 1 is 0.343 bits per heavy atom. The SMILES string of the molecule is c1ccc(-n2c3ccccc3c3c(N(c4ccc(-c5cccc([Si](c6ccccc6)(c6ccccc6)c6ccccc6)c5)cc4)c4ccc(-c5cccc6c5sc5ccccc56)cc4)cccc32)cc1. The van der Waals surface area contributed by atoms with Crippen LogP contribution in [0.25, 0.3) is 69.9 Å². The fourth-order valence-electron chi connectivity index (χ4n) is 11.0. The van der Waals surface area contributed by atoms with Crippen LogP contribution < -0.4 is 25.6 Å². The van der Waals surface area contributed by atoms with Gasteiger partial charge in [0, 0.05) is 48.0 Å². The van der Waals surface area contributed by atoms with Crippen molar-refractivity contribution >= 4 is 99.2 Å². The number of fused-ring (bicyclic) bond motifs is 6. The minimum Gasteiger partial charge on any atom is -0.310 e. The van der Waals surface area contributed by atoms with Crippen LogP contribution in [0, 0.1) is 0 Å². The molecule has 2 heterocycles. The van der Waals surface area contributed by atoms with Crippen LogP contribution in [0.4, 0.5) is 17.1 Å². The van der Waals surface area contributed by atoms with Crippen LogP contribution in [0.1, 0.15) is 0 Å². The highest BCUT2D eigenvalue weighted by molar-refractivity contribution is 7.26. The van der Waals surface area contributed by atoms with Gasteiger partial charge in [0.1, 0.15) is 0 Å². The van der Waals surface area contributed by atoms with Gasteiger partial charge in [-0.25, -0.2) is 0 Å². The lowest BCUT2D eigenvalue weighted by Crippen LogP contribution is -2.74. The molecule has 4 heteroatoms. The minimum absolute atomic E-state index is 1.09. The van der Waals surface area contributed by atoms with Crippen molar-refractivity contribution in [2.45, 2.75) is 0 Å². The van der Waals surface area contributed by atoms with Crippen molar-refractivity contribution in [3.63, 3.8) is 0 Å². The molecule has 0 unspecified atom stereocenters. The second-order valence-corrected chi connectivity index (χ2v) is 22.9. The quantitative estimate of drug-likeness (QED) is 0.0980. The fourth-order valence-corrected chi connectivity index (χ4v) is 17.1. The molecule has 0 amide bonds. The monoisotopic (exact) mass is 926 g/mol. The van der Waals surface area contributed by atoms with Crippen LogP contribution in [-0.4, -0.2) is 12.6 Å². The number of hydrogen-bond donors (Lipinski definition) is 0. The Bertz CT molecular complexity index is 3880. The van der Waals surface area contributed by atoms with Gasteiger partial charge >= 0.3 is 0 Å². The lowest BCUT2D eigenvalue weighted by atomic mass is 10.0. The number of hydrogen-bond acceptors (Lipinski definition) is 2. The van der Waals surface area contributed by atoms with E-state index in [-0.39, 0.29) is 0 Å². The van der Waals surface area contributed by atoms with E-state index >= 15 is 0 Å². The highest BCUT2D eigenvalue weighted by Gasteiger charge is 2.41. The molecule has 330 valence electrons. The van der Waals surface area contributed by atoms with Crippen molar-refractivity contribution in [2.24, 2.45) is 0 Å². The van der Waals surface area contributed by atoms with E-state index < -0.39 is 8.07 Å². The molecule has 0 saturated carbocycles. The molecule has 0 radical (unpaired) electrons. The average molecular weight is 927 g/mol. The molecular formula is C66H46N2SSi. The molecule has 0 aliphatic rings. The van der Waals surface area contributed by atoms with Gasteiger partial charge in [0.25, 0.3) is 0 Å². The van der Waals surface area contributed by atoms with Crippen LogP contribution >= 0.6 is 11.3 Å². The number of anilines is 3. The smallest absolute Gasteiger partial charge is 0.179 e. The summed E-state index contributed by atoms with van der Waals surface area (Å²) in [6, 6.07) is 103. The lowest BCUT2D eigenvalue weighted by Gasteiger charge is -2.34. The summed E-state index contributed by atoms with van der Waals surface area (Å²) < 4.78 is 5.04. The predicted octanol–water partition coefficient (Wildman–Crippen LogP) is 15.3. The van der Waals surface area contributed by atoms with Gasteiger partial charge < -0.3 is 9.47 Å². The molecule has 0 aliphatic heterocycles. The Kier molecular flexibility index (Phi) is 10.4. The zero-order valence-electron chi connectivity index (χ0n) is 38.4. The van der Waals surface area contributed by atoms with Gasteiger partial charge in [0.15, 0.2) is 8.07 Å². The van der Waals surface area contributed by atoms with E-state index in [2.05, 4.69) is 289 Å². The summed E-state index contributed by atoms with van der Waals surface area (Å²) >= 11 is 1.88. The third kappa shape index (κ3) is 6.91. The maximum Gasteiger partial charge on any atom is 0.179 e. The summed E-state index contributed by atoms with van der Waals surface area (Å²) in [7, 11) is -2.72. The summed E-state index contributed by atoms with van der Waals surface area (Å²) in [6.45, 7) is 0. The molecule has 0 aliphatic carbocycles. The highest BCUT2D eigenvalue weighted by atomic mass is 32.1. The zero-order valence-corrected chi connectivity index (χ0v) is 40.2. The Morgan fingerprint density at radius 3 is 1.50 bits per heavy atom. The Balaban J connectivity index is 0.968. The second-order valence-electron chi connectivity index (χ2n) is 18.0. The predicted molar refractivity (Wildman–Crippen MR) is 303 cm³/mol. The van der Waals surface area contributed by atoms with Gasteiger partial charge in [-0.2, -0.15) is 0 Å². The van der Waals surface area contributed by atoms with E-state index in [0.717, 1.165) is 22.7 Å². The molecule has 2 nitrogen and oxygen atoms in total. The number of aromatic nitrogens is 1. The number of para-hydroxylation sites is 2. The van der Waals surface area contributed by atoms with E-state index in [0.29, 0.717) is 0 Å².